The first-order valence-corrected chi connectivity index (χ1v) is 9.30. The Balaban J connectivity index is 3.17. The van der Waals surface area contributed by atoms with Crippen LogP contribution >= 0.6 is 22.6 Å². The summed E-state index contributed by atoms with van der Waals surface area (Å²) in [5, 5.41) is 0. The van der Waals surface area contributed by atoms with Gasteiger partial charge in [0, 0.05) is 9.26 Å². The van der Waals surface area contributed by atoms with Crippen molar-refractivity contribution in [2.75, 3.05) is 5.73 Å². The number of nitrogen functional groups attached to an aromatic ring is 1. The Morgan fingerprint density at radius 3 is 1.80 bits per heavy atom. The lowest BCUT2D eigenvalue weighted by Crippen LogP contribution is -2.10. The number of hydrogen-bond acceptors (Lipinski definition) is 1. The minimum Gasteiger partial charge on any atom is -0.398 e. The van der Waals surface area contributed by atoms with Gasteiger partial charge in [-0.15, -0.1) is 0 Å². The minimum absolute atomic E-state index is 1.06. The van der Waals surface area contributed by atoms with Gasteiger partial charge in [-0.3, -0.25) is 0 Å². The highest BCUT2D eigenvalue weighted by atomic mass is 127. The summed E-state index contributed by atoms with van der Waals surface area (Å²) in [5.41, 5.74) is 13.6. The summed E-state index contributed by atoms with van der Waals surface area (Å²) in [4.78, 5) is 0. The van der Waals surface area contributed by atoms with Gasteiger partial charge >= 0.3 is 0 Å². The van der Waals surface area contributed by atoms with Gasteiger partial charge in [-0.2, -0.15) is 0 Å². The molecule has 0 fully saturated rings. The van der Waals surface area contributed by atoms with Gasteiger partial charge in [0.05, 0.1) is 0 Å². The summed E-state index contributed by atoms with van der Waals surface area (Å²) >= 11 is 2.46. The summed E-state index contributed by atoms with van der Waals surface area (Å²) in [6.45, 7) is 9.06. The highest BCUT2D eigenvalue weighted by molar-refractivity contribution is 14.1. The first kappa shape index (κ1) is 17.8. The molecule has 0 aliphatic rings. The van der Waals surface area contributed by atoms with E-state index in [9.17, 15) is 0 Å². The van der Waals surface area contributed by atoms with E-state index in [0.29, 0.717) is 0 Å². The summed E-state index contributed by atoms with van der Waals surface area (Å²) in [5.74, 6) is 0. The molecule has 0 atom stereocenters. The molecule has 0 heterocycles. The van der Waals surface area contributed by atoms with Crippen LogP contribution in [0.15, 0.2) is 0 Å². The van der Waals surface area contributed by atoms with E-state index in [0.717, 1.165) is 31.4 Å². The fraction of sp³-hybridized carbons (Fsp3) is 0.667. The van der Waals surface area contributed by atoms with Crippen molar-refractivity contribution in [2.45, 2.75) is 79.1 Å². The highest BCUT2D eigenvalue weighted by Crippen LogP contribution is 2.34. The molecular formula is C18H30IN. The number of rotatable bonds is 8. The minimum atomic E-state index is 1.06. The molecule has 20 heavy (non-hydrogen) atoms. The molecule has 1 nitrogen and oxygen atoms in total. The lowest BCUT2D eigenvalue weighted by Gasteiger charge is -2.21. The van der Waals surface area contributed by atoms with Crippen LogP contribution in [0.4, 0.5) is 5.69 Å². The predicted molar refractivity (Wildman–Crippen MR) is 99.6 cm³/mol. The summed E-state index contributed by atoms with van der Waals surface area (Å²) < 4.78 is 1.31. The fourth-order valence-corrected chi connectivity index (χ4v) is 4.22. The summed E-state index contributed by atoms with van der Waals surface area (Å²) in [6, 6.07) is 0. The van der Waals surface area contributed by atoms with Crippen LogP contribution in [0.25, 0.3) is 0 Å². The second-order valence-electron chi connectivity index (χ2n) is 5.51. The van der Waals surface area contributed by atoms with Crippen LogP contribution in [0.5, 0.6) is 0 Å². The third kappa shape index (κ3) is 3.90. The van der Waals surface area contributed by atoms with E-state index in [1.807, 2.05) is 0 Å². The van der Waals surface area contributed by atoms with Gasteiger partial charge in [-0.05, 0) is 76.9 Å². The standard InChI is InChI=1S/C18H30IN/c1-5-9-10-11-12-16-14(7-3)13(6-2)15(8-4)17(19)18(16)20/h5-12,20H2,1-4H3. The van der Waals surface area contributed by atoms with E-state index in [4.69, 9.17) is 5.73 Å². The Kier molecular flexibility index (Phi) is 7.93. The van der Waals surface area contributed by atoms with E-state index < -0.39 is 0 Å². The van der Waals surface area contributed by atoms with Crippen LogP contribution in [0, 0.1) is 3.57 Å². The maximum Gasteiger partial charge on any atom is 0.0488 e. The lowest BCUT2D eigenvalue weighted by atomic mass is 9.88. The van der Waals surface area contributed by atoms with Gasteiger partial charge in [0.15, 0.2) is 0 Å². The SMILES string of the molecule is CCCCCCc1c(N)c(I)c(CC)c(CC)c1CC. The van der Waals surface area contributed by atoms with Crippen LogP contribution in [0.3, 0.4) is 0 Å². The highest BCUT2D eigenvalue weighted by Gasteiger charge is 2.17. The molecule has 0 aliphatic carbocycles. The monoisotopic (exact) mass is 387 g/mol. The first-order chi connectivity index (χ1) is 9.62. The fourth-order valence-electron chi connectivity index (χ4n) is 3.19. The van der Waals surface area contributed by atoms with Crippen LogP contribution < -0.4 is 5.73 Å². The summed E-state index contributed by atoms with van der Waals surface area (Å²) in [6.07, 6.45) is 9.72. The van der Waals surface area contributed by atoms with E-state index in [-0.39, 0.29) is 0 Å². The van der Waals surface area contributed by atoms with E-state index in [1.54, 1.807) is 11.1 Å². The average Bonchev–Trinajstić information content (AvgIpc) is 2.47. The zero-order valence-electron chi connectivity index (χ0n) is 13.6. The smallest absolute Gasteiger partial charge is 0.0488 e. The Labute approximate surface area is 138 Å². The van der Waals surface area contributed by atoms with Crippen molar-refractivity contribution >= 4 is 28.3 Å². The molecule has 0 aliphatic heterocycles. The molecule has 1 aromatic carbocycles. The maximum absolute atomic E-state index is 6.47. The topological polar surface area (TPSA) is 26.0 Å². The molecule has 0 spiro atoms. The normalized spacial score (nSPS) is 11.1. The molecule has 1 aromatic rings. The number of anilines is 1. The Hall–Kier alpha value is -0.250. The Morgan fingerprint density at radius 2 is 1.30 bits per heavy atom. The van der Waals surface area contributed by atoms with Crippen molar-refractivity contribution in [2.24, 2.45) is 0 Å². The van der Waals surface area contributed by atoms with Crippen molar-refractivity contribution in [3.8, 4) is 0 Å². The zero-order chi connectivity index (χ0) is 15.1. The third-order valence-electron chi connectivity index (χ3n) is 4.26. The molecule has 0 saturated carbocycles. The zero-order valence-corrected chi connectivity index (χ0v) is 15.8. The Bertz CT molecular complexity index is 438. The van der Waals surface area contributed by atoms with Gasteiger partial charge in [0.25, 0.3) is 0 Å². The number of nitrogens with two attached hydrogens (primary N) is 1. The number of unbranched alkanes of at least 4 members (excludes halogenated alkanes) is 3. The average molecular weight is 387 g/mol. The van der Waals surface area contributed by atoms with E-state index >= 15 is 0 Å². The number of benzene rings is 1. The molecule has 0 unspecified atom stereocenters. The molecule has 114 valence electrons. The molecule has 2 N–H and O–H groups in total. The molecule has 2 heteroatoms. The molecule has 0 amide bonds. The predicted octanol–water partition coefficient (Wildman–Crippen LogP) is 5.68. The van der Waals surface area contributed by atoms with Crippen LogP contribution in [0.1, 0.15) is 75.6 Å². The molecular weight excluding hydrogens is 357 g/mol. The third-order valence-corrected chi connectivity index (χ3v) is 5.49. The van der Waals surface area contributed by atoms with E-state index in [1.165, 1.54) is 40.4 Å². The maximum atomic E-state index is 6.47. The van der Waals surface area contributed by atoms with Crippen molar-refractivity contribution in [1.29, 1.82) is 0 Å². The van der Waals surface area contributed by atoms with Gasteiger partial charge in [-0.25, -0.2) is 0 Å². The van der Waals surface area contributed by atoms with Crippen LogP contribution in [0.2, 0.25) is 0 Å². The number of halogens is 1. The first-order valence-electron chi connectivity index (χ1n) is 8.22. The quantitative estimate of drug-likeness (QED) is 0.346. The Morgan fingerprint density at radius 1 is 0.750 bits per heavy atom. The van der Waals surface area contributed by atoms with Crippen molar-refractivity contribution < 1.29 is 0 Å². The molecule has 0 radical (unpaired) electrons. The van der Waals surface area contributed by atoms with Gasteiger partial charge in [-0.1, -0.05) is 47.0 Å². The van der Waals surface area contributed by atoms with Crippen LogP contribution in [-0.2, 0) is 25.7 Å². The van der Waals surface area contributed by atoms with Gasteiger partial charge in [0.1, 0.15) is 0 Å². The number of hydrogen-bond donors (Lipinski definition) is 1. The summed E-state index contributed by atoms with van der Waals surface area (Å²) in [7, 11) is 0. The van der Waals surface area contributed by atoms with Crippen molar-refractivity contribution in [1.82, 2.24) is 0 Å². The van der Waals surface area contributed by atoms with E-state index in [2.05, 4.69) is 50.3 Å². The lowest BCUT2D eigenvalue weighted by molar-refractivity contribution is 0.664. The molecule has 1 rings (SSSR count). The van der Waals surface area contributed by atoms with Crippen LogP contribution in [-0.4, -0.2) is 0 Å². The second-order valence-corrected chi connectivity index (χ2v) is 6.59. The molecule has 0 aromatic heterocycles. The second kappa shape index (κ2) is 8.91. The molecule has 0 bridgehead atoms. The van der Waals surface area contributed by atoms with Crippen molar-refractivity contribution in [3.63, 3.8) is 0 Å². The largest absolute Gasteiger partial charge is 0.398 e. The van der Waals surface area contributed by atoms with Crippen molar-refractivity contribution in [3.05, 3.63) is 25.8 Å². The van der Waals surface area contributed by atoms with Gasteiger partial charge in [0.2, 0.25) is 0 Å². The van der Waals surface area contributed by atoms with Gasteiger partial charge < -0.3 is 5.73 Å². The molecule has 0 saturated heterocycles.